The number of nitrogens with one attached hydrogen (secondary N) is 1. The average molecular weight is 457 g/mol. The molecule has 2 aromatic heterocycles. The van der Waals surface area contributed by atoms with Crippen LogP contribution in [0.4, 0.5) is 10.1 Å². The standard InChI is InChI=1S/C19H14BrFN6O2/c20-13-4-6-15(7-5-13)23-16(28)10-26-11-22-18-17(19(26)29)24-25-27(18)9-12-2-1-3-14(21)8-12/h1-8,11H,9-10H2,(H,23,28). The SMILES string of the molecule is O=C(Cn1cnc2c(nnn2Cc2cccc(F)c2)c1=O)Nc1ccc(Br)cc1. The van der Waals surface area contributed by atoms with Gasteiger partial charge in [-0.05, 0) is 42.0 Å². The molecule has 4 rings (SSSR count). The number of anilines is 1. The molecule has 0 unspecified atom stereocenters. The summed E-state index contributed by atoms with van der Waals surface area (Å²) in [7, 11) is 0. The van der Waals surface area contributed by atoms with Crippen molar-refractivity contribution in [3.05, 3.63) is 81.1 Å². The van der Waals surface area contributed by atoms with E-state index in [1.54, 1.807) is 36.4 Å². The van der Waals surface area contributed by atoms with Gasteiger partial charge in [-0.15, -0.1) is 5.10 Å². The van der Waals surface area contributed by atoms with Gasteiger partial charge in [0, 0.05) is 10.2 Å². The van der Waals surface area contributed by atoms with Crippen molar-refractivity contribution in [1.29, 1.82) is 0 Å². The van der Waals surface area contributed by atoms with Crippen molar-refractivity contribution in [2.45, 2.75) is 13.1 Å². The molecule has 2 aromatic carbocycles. The maximum absolute atomic E-state index is 13.4. The highest BCUT2D eigenvalue weighted by atomic mass is 79.9. The Bertz CT molecular complexity index is 1250. The molecular weight excluding hydrogens is 443 g/mol. The molecule has 10 heteroatoms. The second-order valence-electron chi connectivity index (χ2n) is 6.28. The van der Waals surface area contributed by atoms with Gasteiger partial charge in [0.25, 0.3) is 5.56 Å². The van der Waals surface area contributed by atoms with Crippen molar-refractivity contribution >= 4 is 38.7 Å². The summed E-state index contributed by atoms with van der Waals surface area (Å²) in [5.41, 5.74) is 1.11. The van der Waals surface area contributed by atoms with Crippen molar-refractivity contribution in [3.8, 4) is 0 Å². The molecule has 1 N–H and O–H groups in total. The Morgan fingerprint density at radius 3 is 2.72 bits per heavy atom. The van der Waals surface area contributed by atoms with E-state index in [9.17, 15) is 14.0 Å². The molecule has 0 spiro atoms. The number of hydrogen-bond donors (Lipinski definition) is 1. The Labute approximate surface area is 172 Å². The third-order valence-corrected chi connectivity index (χ3v) is 4.68. The number of carbonyl (C=O) groups is 1. The summed E-state index contributed by atoms with van der Waals surface area (Å²) in [5, 5.41) is 10.5. The van der Waals surface area contributed by atoms with Gasteiger partial charge in [0.2, 0.25) is 5.91 Å². The van der Waals surface area contributed by atoms with Gasteiger partial charge in [0.15, 0.2) is 11.2 Å². The normalized spacial score (nSPS) is 11.0. The largest absolute Gasteiger partial charge is 0.325 e. The lowest BCUT2D eigenvalue weighted by atomic mass is 10.2. The Morgan fingerprint density at radius 2 is 1.97 bits per heavy atom. The Balaban J connectivity index is 1.54. The monoisotopic (exact) mass is 456 g/mol. The third-order valence-electron chi connectivity index (χ3n) is 4.16. The van der Waals surface area contributed by atoms with Crippen LogP contribution in [-0.4, -0.2) is 30.5 Å². The van der Waals surface area contributed by atoms with Crippen LogP contribution in [0.5, 0.6) is 0 Å². The smallest absolute Gasteiger partial charge is 0.283 e. The van der Waals surface area contributed by atoms with Gasteiger partial charge in [-0.3, -0.25) is 14.2 Å². The predicted octanol–water partition coefficient (Wildman–Crippen LogP) is 2.58. The van der Waals surface area contributed by atoms with Gasteiger partial charge in [-0.1, -0.05) is 33.3 Å². The van der Waals surface area contributed by atoms with Crippen LogP contribution >= 0.6 is 15.9 Å². The molecule has 0 bridgehead atoms. The number of benzene rings is 2. The van der Waals surface area contributed by atoms with Crippen LogP contribution in [0.2, 0.25) is 0 Å². The van der Waals surface area contributed by atoms with Crippen LogP contribution < -0.4 is 10.9 Å². The second-order valence-corrected chi connectivity index (χ2v) is 7.20. The molecule has 0 aliphatic rings. The van der Waals surface area contributed by atoms with E-state index in [0.717, 1.165) is 9.04 Å². The van der Waals surface area contributed by atoms with E-state index < -0.39 is 5.56 Å². The number of carbonyl (C=O) groups excluding carboxylic acids is 1. The number of fused-ring (bicyclic) bond motifs is 1. The zero-order valence-electron chi connectivity index (χ0n) is 14.9. The van der Waals surface area contributed by atoms with Gasteiger partial charge >= 0.3 is 0 Å². The minimum atomic E-state index is -0.480. The molecular formula is C19H14BrFN6O2. The van der Waals surface area contributed by atoms with Crippen molar-refractivity contribution in [1.82, 2.24) is 24.5 Å². The van der Waals surface area contributed by atoms with Crippen LogP contribution in [0, 0.1) is 5.82 Å². The van der Waals surface area contributed by atoms with E-state index in [4.69, 9.17) is 0 Å². The molecule has 0 saturated heterocycles. The molecule has 4 aromatic rings. The molecule has 2 heterocycles. The number of halogens is 2. The predicted molar refractivity (Wildman–Crippen MR) is 108 cm³/mol. The number of amides is 1. The molecule has 0 fully saturated rings. The fraction of sp³-hybridized carbons (Fsp3) is 0.105. The summed E-state index contributed by atoms with van der Waals surface area (Å²) in [6.45, 7) is 0.00333. The summed E-state index contributed by atoms with van der Waals surface area (Å²) >= 11 is 3.32. The van der Waals surface area contributed by atoms with E-state index in [1.807, 2.05) is 0 Å². The maximum Gasteiger partial charge on any atom is 0.283 e. The van der Waals surface area contributed by atoms with Gasteiger partial charge < -0.3 is 5.32 Å². The van der Waals surface area contributed by atoms with Crippen LogP contribution in [0.25, 0.3) is 11.2 Å². The zero-order chi connectivity index (χ0) is 20.4. The van der Waals surface area contributed by atoms with E-state index in [2.05, 4.69) is 36.5 Å². The summed E-state index contributed by atoms with van der Waals surface area (Å²) in [6.07, 6.45) is 1.28. The summed E-state index contributed by atoms with van der Waals surface area (Å²) < 4.78 is 16.8. The quantitative estimate of drug-likeness (QED) is 0.497. The second kappa shape index (κ2) is 7.92. The molecule has 0 aliphatic heterocycles. The lowest BCUT2D eigenvalue weighted by Gasteiger charge is -2.07. The van der Waals surface area contributed by atoms with E-state index >= 15 is 0 Å². The van der Waals surface area contributed by atoms with E-state index in [-0.39, 0.29) is 36.0 Å². The van der Waals surface area contributed by atoms with Gasteiger partial charge in [-0.2, -0.15) is 0 Å². The van der Waals surface area contributed by atoms with Crippen molar-refractivity contribution in [2.75, 3.05) is 5.32 Å². The number of nitrogens with zero attached hydrogens (tertiary/aromatic N) is 5. The lowest BCUT2D eigenvalue weighted by molar-refractivity contribution is -0.116. The third kappa shape index (κ3) is 4.21. The Morgan fingerprint density at radius 1 is 1.17 bits per heavy atom. The molecule has 146 valence electrons. The van der Waals surface area contributed by atoms with E-state index in [0.29, 0.717) is 11.3 Å². The fourth-order valence-corrected chi connectivity index (χ4v) is 3.07. The van der Waals surface area contributed by atoms with Crippen LogP contribution in [-0.2, 0) is 17.9 Å². The van der Waals surface area contributed by atoms with Crippen molar-refractivity contribution in [2.24, 2.45) is 0 Å². The number of aromatic nitrogens is 5. The van der Waals surface area contributed by atoms with Gasteiger partial charge in [-0.25, -0.2) is 14.1 Å². The summed E-state index contributed by atoms with van der Waals surface area (Å²) in [6, 6.07) is 13.1. The number of hydrogen-bond acceptors (Lipinski definition) is 5. The van der Waals surface area contributed by atoms with Gasteiger partial charge in [0.1, 0.15) is 18.7 Å². The Hall–Kier alpha value is -3.40. The van der Waals surface area contributed by atoms with Crippen molar-refractivity contribution < 1.29 is 9.18 Å². The first-order valence-electron chi connectivity index (χ1n) is 8.58. The minimum Gasteiger partial charge on any atom is -0.325 e. The average Bonchev–Trinajstić information content (AvgIpc) is 3.09. The molecule has 0 atom stereocenters. The molecule has 0 saturated carbocycles. The molecule has 1 amide bonds. The molecule has 0 aliphatic carbocycles. The highest BCUT2D eigenvalue weighted by molar-refractivity contribution is 9.10. The number of rotatable bonds is 5. The highest BCUT2D eigenvalue weighted by Crippen LogP contribution is 2.14. The molecule has 8 nitrogen and oxygen atoms in total. The van der Waals surface area contributed by atoms with Crippen molar-refractivity contribution in [3.63, 3.8) is 0 Å². The lowest BCUT2D eigenvalue weighted by Crippen LogP contribution is -2.28. The Kier molecular flexibility index (Phi) is 5.17. The highest BCUT2D eigenvalue weighted by Gasteiger charge is 2.14. The van der Waals surface area contributed by atoms with E-state index in [1.165, 1.54) is 23.1 Å². The first-order chi connectivity index (χ1) is 14.0. The molecule has 0 radical (unpaired) electrons. The molecule has 29 heavy (non-hydrogen) atoms. The summed E-state index contributed by atoms with van der Waals surface area (Å²) in [4.78, 5) is 29.1. The van der Waals surface area contributed by atoms with Crippen LogP contribution in [0.3, 0.4) is 0 Å². The maximum atomic E-state index is 13.4. The first-order valence-corrected chi connectivity index (χ1v) is 9.37. The fourth-order valence-electron chi connectivity index (χ4n) is 2.80. The topological polar surface area (TPSA) is 94.7 Å². The minimum absolute atomic E-state index is 0.0420. The zero-order valence-corrected chi connectivity index (χ0v) is 16.5. The summed E-state index contributed by atoms with van der Waals surface area (Å²) in [5.74, 6) is -0.734. The first kappa shape index (κ1) is 18.9. The van der Waals surface area contributed by atoms with Crippen LogP contribution in [0.15, 0.2) is 64.1 Å². The van der Waals surface area contributed by atoms with Crippen LogP contribution in [0.1, 0.15) is 5.56 Å². The van der Waals surface area contributed by atoms with Gasteiger partial charge in [0.05, 0.1) is 6.54 Å².